The fraction of sp³-hybridized carbons (Fsp3) is 0.280. The Morgan fingerprint density at radius 2 is 1.64 bits per heavy atom. The molecule has 5 rings (SSSR count). The number of rotatable bonds is 6. The third kappa shape index (κ3) is 5.53. The van der Waals surface area contributed by atoms with E-state index < -0.39 is 33.9 Å². The van der Waals surface area contributed by atoms with Crippen molar-refractivity contribution >= 4 is 26.7 Å². The van der Waals surface area contributed by atoms with Crippen molar-refractivity contribution in [3.8, 4) is 11.1 Å². The molecule has 9 nitrogen and oxygen atoms in total. The van der Waals surface area contributed by atoms with Crippen LogP contribution in [0.1, 0.15) is 24.4 Å². The average molecular weight is 563 g/mol. The molecule has 1 saturated heterocycles. The largest absolute Gasteiger partial charge is 0.451 e. The molecule has 0 radical (unpaired) electrons. The number of aromatic nitrogens is 4. The molecule has 2 aromatic heterocycles. The number of fused-ring (bicyclic) bond motifs is 1. The highest BCUT2D eigenvalue weighted by molar-refractivity contribution is 7.89. The number of hydrogen-bond donors (Lipinski definition) is 1. The van der Waals surface area contributed by atoms with Gasteiger partial charge in [0.25, 0.3) is 0 Å². The van der Waals surface area contributed by atoms with Gasteiger partial charge >= 0.3 is 6.18 Å². The molecule has 1 aliphatic heterocycles. The van der Waals surface area contributed by atoms with E-state index >= 15 is 0 Å². The van der Waals surface area contributed by atoms with Crippen LogP contribution < -0.4 is 5.32 Å². The van der Waals surface area contributed by atoms with Gasteiger partial charge in [-0.2, -0.15) is 17.5 Å². The number of nitrogens with one attached hydrogen (secondary N) is 1. The van der Waals surface area contributed by atoms with E-state index in [0.717, 1.165) is 12.4 Å². The van der Waals surface area contributed by atoms with Crippen LogP contribution in [0, 0.1) is 5.82 Å². The molecule has 1 aliphatic rings. The highest BCUT2D eigenvalue weighted by atomic mass is 32.2. The summed E-state index contributed by atoms with van der Waals surface area (Å²) in [6.07, 6.45) is -1.34. The van der Waals surface area contributed by atoms with Crippen LogP contribution in [-0.4, -0.2) is 59.0 Å². The van der Waals surface area contributed by atoms with Gasteiger partial charge in [0.05, 0.1) is 24.8 Å². The van der Waals surface area contributed by atoms with Crippen LogP contribution in [0.5, 0.6) is 0 Å². The first-order valence-electron chi connectivity index (χ1n) is 11.8. The molecular formula is C25H22F4N6O3S. The van der Waals surface area contributed by atoms with Crippen molar-refractivity contribution in [1.82, 2.24) is 24.2 Å². The van der Waals surface area contributed by atoms with E-state index in [2.05, 4.69) is 25.3 Å². The molecule has 3 heterocycles. The predicted octanol–water partition coefficient (Wildman–Crippen LogP) is 4.44. The van der Waals surface area contributed by atoms with Crippen LogP contribution in [-0.2, 0) is 20.9 Å². The molecule has 4 aromatic rings. The molecule has 1 fully saturated rings. The standard InChI is InChI=1S/C25H22F4N6O3S/c1-15(18-12-30-24(31-13-18)25(27,28)29)34-23-20-10-17(16-2-4-19(26)5-3-16)11-21(22(20)32-14-33-23)39(36,37)35-6-8-38-9-7-35/h2-5,10-15H,6-9H2,1H3,(H,32,33,34)/t15-/m1/s1. The number of sulfonamides is 1. The number of morpholine rings is 1. The van der Waals surface area contributed by atoms with Crippen LogP contribution >= 0.6 is 0 Å². The summed E-state index contributed by atoms with van der Waals surface area (Å²) in [6, 6.07) is 8.16. The highest BCUT2D eigenvalue weighted by Crippen LogP contribution is 2.35. The molecule has 14 heteroatoms. The first-order valence-corrected chi connectivity index (χ1v) is 13.3. The molecule has 204 valence electrons. The van der Waals surface area contributed by atoms with Crippen molar-refractivity contribution in [1.29, 1.82) is 0 Å². The number of anilines is 1. The Hall–Kier alpha value is -3.75. The van der Waals surface area contributed by atoms with E-state index in [1.54, 1.807) is 13.0 Å². The first-order chi connectivity index (χ1) is 18.5. The zero-order valence-electron chi connectivity index (χ0n) is 20.5. The molecule has 0 unspecified atom stereocenters. The van der Waals surface area contributed by atoms with Crippen molar-refractivity contribution in [2.45, 2.75) is 24.0 Å². The van der Waals surface area contributed by atoms with Crippen LogP contribution in [0.4, 0.5) is 23.4 Å². The number of ether oxygens (including phenoxy) is 1. The summed E-state index contributed by atoms with van der Waals surface area (Å²) in [5, 5.41) is 3.46. The summed E-state index contributed by atoms with van der Waals surface area (Å²) >= 11 is 0. The number of alkyl halides is 3. The van der Waals surface area contributed by atoms with E-state index in [1.165, 1.54) is 41.0 Å². The highest BCUT2D eigenvalue weighted by Gasteiger charge is 2.34. The van der Waals surface area contributed by atoms with Gasteiger partial charge in [-0.15, -0.1) is 0 Å². The van der Waals surface area contributed by atoms with Crippen LogP contribution in [0.3, 0.4) is 0 Å². The SMILES string of the molecule is C[C@@H](Nc1ncnc2c(S(=O)(=O)N3CCOCC3)cc(-c3ccc(F)cc3)cc12)c1cnc(C(F)(F)F)nc1. The molecule has 0 saturated carbocycles. The fourth-order valence-electron chi connectivity index (χ4n) is 4.18. The topological polar surface area (TPSA) is 110 Å². The normalized spacial score (nSPS) is 15.8. The minimum atomic E-state index is -4.67. The van der Waals surface area contributed by atoms with Crippen LogP contribution in [0.15, 0.2) is 60.0 Å². The van der Waals surface area contributed by atoms with Crippen LogP contribution in [0.2, 0.25) is 0 Å². The molecule has 0 aliphatic carbocycles. The maximum absolute atomic E-state index is 13.7. The third-order valence-corrected chi connectivity index (χ3v) is 8.16. The Bertz CT molecular complexity index is 1590. The van der Waals surface area contributed by atoms with E-state index in [0.29, 0.717) is 22.1 Å². The van der Waals surface area contributed by atoms with Gasteiger partial charge in [0.15, 0.2) is 0 Å². The van der Waals surface area contributed by atoms with E-state index in [9.17, 15) is 26.0 Å². The van der Waals surface area contributed by atoms with Crippen molar-refractivity contribution < 1.29 is 30.7 Å². The summed E-state index contributed by atoms with van der Waals surface area (Å²) in [5.41, 5.74) is 1.56. The Labute approximate surface area is 221 Å². The van der Waals surface area contributed by atoms with Gasteiger partial charge in [-0.1, -0.05) is 12.1 Å². The van der Waals surface area contributed by atoms with Gasteiger partial charge < -0.3 is 10.1 Å². The maximum atomic E-state index is 13.7. The number of halogens is 4. The first kappa shape index (κ1) is 26.8. The smallest absolute Gasteiger partial charge is 0.379 e. The number of benzene rings is 2. The van der Waals surface area contributed by atoms with E-state index in [-0.39, 0.29) is 42.5 Å². The lowest BCUT2D eigenvalue weighted by atomic mass is 10.0. The summed E-state index contributed by atoms with van der Waals surface area (Å²) in [4.78, 5) is 15.3. The van der Waals surface area contributed by atoms with Crippen molar-refractivity contribution in [3.05, 3.63) is 72.3 Å². The Balaban J connectivity index is 1.61. The minimum Gasteiger partial charge on any atom is -0.379 e. The molecule has 39 heavy (non-hydrogen) atoms. The predicted molar refractivity (Wildman–Crippen MR) is 134 cm³/mol. The van der Waals surface area contributed by atoms with E-state index in [4.69, 9.17) is 4.74 Å². The molecule has 0 bridgehead atoms. The summed E-state index contributed by atoms with van der Waals surface area (Å²) in [5.74, 6) is -1.46. The summed E-state index contributed by atoms with van der Waals surface area (Å²) in [7, 11) is -4.01. The minimum absolute atomic E-state index is 0.0582. The maximum Gasteiger partial charge on any atom is 0.451 e. The zero-order valence-corrected chi connectivity index (χ0v) is 21.3. The number of nitrogens with zero attached hydrogens (tertiary/aromatic N) is 5. The summed E-state index contributed by atoms with van der Waals surface area (Å²) in [6.45, 7) is 2.53. The van der Waals surface area contributed by atoms with E-state index in [1.807, 2.05) is 0 Å². The van der Waals surface area contributed by atoms with Gasteiger partial charge in [-0.3, -0.25) is 0 Å². The molecule has 0 spiro atoms. The van der Waals surface area contributed by atoms with Gasteiger partial charge in [0.2, 0.25) is 15.8 Å². The lowest BCUT2D eigenvalue weighted by Crippen LogP contribution is -2.40. The second kappa shape index (κ2) is 10.4. The summed E-state index contributed by atoms with van der Waals surface area (Å²) < 4.78 is 86.3. The second-order valence-electron chi connectivity index (χ2n) is 8.82. The lowest BCUT2D eigenvalue weighted by Gasteiger charge is -2.27. The van der Waals surface area contributed by atoms with Gasteiger partial charge in [0, 0.05) is 36.4 Å². The second-order valence-corrected chi connectivity index (χ2v) is 10.7. The monoisotopic (exact) mass is 562 g/mol. The fourth-order valence-corrected chi connectivity index (χ4v) is 5.77. The molecule has 0 amide bonds. The lowest BCUT2D eigenvalue weighted by molar-refractivity contribution is -0.145. The Morgan fingerprint density at radius 3 is 2.28 bits per heavy atom. The third-order valence-electron chi connectivity index (χ3n) is 6.25. The molecule has 2 aromatic carbocycles. The van der Waals surface area contributed by atoms with Crippen molar-refractivity contribution in [2.24, 2.45) is 0 Å². The van der Waals surface area contributed by atoms with Crippen molar-refractivity contribution in [2.75, 3.05) is 31.6 Å². The molecule has 1 atom stereocenters. The van der Waals surface area contributed by atoms with Gasteiger partial charge in [0.1, 0.15) is 22.9 Å². The number of hydrogen-bond acceptors (Lipinski definition) is 8. The Morgan fingerprint density at radius 1 is 0.974 bits per heavy atom. The average Bonchev–Trinajstić information content (AvgIpc) is 2.93. The Kier molecular flexibility index (Phi) is 7.18. The molecular weight excluding hydrogens is 540 g/mol. The van der Waals surface area contributed by atoms with Crippen LogP contribution in [0.25, 0.3) is 22.0 Å². The quantitative estimate of drug-likeness (QED) is 0.344. The van der Waals surface area contributed by atoms with Crippen molar-refractivity contribution in [3.63, 3.8) is 0 Å². The zero-order chi connectivity index (χ0) is 27.8. The van der Waals surface area contributed by atoms with Gasteiger partial charge in [-0.25, -0.2) is 32.7 Å². The molecule has 1 N–H and O–H groups in total. The van der Waals surface area contributed by atoms with Gasteiger partial charge in [-0.05, 0) is 42.3 Å².